The molecule has 0 radical (unpaired) electrons. The second-order valence-corrected chi connectivity index (χ2v) is 4.43. The summed E-state index contributed by atoms with van der Waals surface area (Å²) >= 11 is 1.36. The van der Waals surface area contributed by atoms with Crippen molar-refractivity contribution in [3.8, 4) is 0 Å². The summed E-state index contributed by atoms with van der Waals surface area (Å²) in [6, 6.07) is 7.64. The summed E-state index contributed by atoms with van der Waals surface area (Å²) in [5.41, 5.74) is 1.67. The number of allylic oxidation sites excluding steroid dienone is 1. The van der Waals surface area contributed by atoms with Crippen LogP contribution in [0, 0.1) is 0 Å². The van der Waals surface area contributed by atoms with Crippen molar-refractivity contribution < 1.29 is 0 Å². The molecule has 0 aliphatic rings. The van der Waals surface area contributed by atoms with E-state index in [1.807, 2.05) is 24.3 Å². The molecule has 0 atom stereocenters. The minimum Gasteiger partial charge on any atom is -0.246 e. The Labute approximate surface area is 95.2 Å². The van der Waals surface area contributed by atoms with Gasteiger partial charge in [-0.3, -0.25) is 0 Å². The molecule has 0 fully saturated rings. The molecular weight excluding hydrogens is 222 g/mol. The molecule has 0 saturated heterocycles. The molecule has 3 rings (SSSR count). The first-order valence-electron chi connectivity index (χ1n) is 4.89. The molecule has 0 amide bonds. The standard InChI is InChI=1S/C11H9N3OS/c1-2-7-13-11(15)14-9-6-4-3-5-8(9)12-10(14)16-13/h2-6H,1,7H2. The minimum atomic E-state index is -0.0476. The van der Waals surface area contributed by atoms with Gasteiger partial charge in [0.15, 0.2) is 0 Å². The normalized spacial score (nSPS) is 11.2. The van der Waals surface area contributed by atoms with Crippen molar-refractivity contribution in [1.29, 1.82) is 0 Å². The molecule has 16 heavy (non-hydrogen) atoms. The highest BCUT2D eigenvalue weighted by molar-refractivity contribution is 7.11. The van der Waals surface area contributed by atoms with E-state index in [1.54, 1.807) is 14.4 Å². The molecule has 5 heteroatoms. The molecule has 0 aliphatic heterocycles. The summed E-state index contributed by atoms with van der Waals surface area (Å²) in [4.78, 5) is 17.2. The Bertz CT molecular complexity index is 734. The maximum atomic E-state index is 12.0. The summed E-state index contributed by atoms with van der Waals surface area (Å²) in [6.45, 7) is 4.16. The average molecular weight is 231 g/mol. The quantitative estimate of drug-likeness (QED) is 0.632. The van der Waals surface area contributed by atoms with E-state index in [2.05, 4.69) is 11.6 Å². The predicted octanol–water partition coefficient (Wildman–Crippen LogP) is 1.90. The van der Waals surface area contributed by atoms with Crippen molar-refractivity contribution in [2.45, 2.75) is 6.54 Å². The smallest absolute Gasteiger partial charge is 0.246 e. The van der Waals surface area contributed by atoms with Gasteiger partial charge in [0.25, 0.3) is 0 Å². The molecule has 0 unspecified atom stereocenters. The zero-order chi connectivity index (χ0) is 11.1. The van der Waals surface area contributed by atoms with Gasteiger partial charge in [-0.1, -0.05) is 18.2 Å². The van der Waals surface area contributed by atoms with Crippen molar-refractivity contribution in [2.24, 2.45) is 0 Å². The number of hydrogen-bond donors (Lipinski definition) is 0. The van der Waals surface area contributed by atoms with Crippen molar-refractivity contribution in [3.05, 3.63) is 47.4 Å². The number of fused-ring (bicyclic) bond motifs is 3. The second kappa shape index (κ2) is 3.31. The molecule has 0 saturated carbocycles. The summed E-state index contributed by atoms with van der Waals surface area (Å²) in [7, 11) is 0. The number of para-hydroxylation sites is 2. The topological polar surface area (TPSA) is 39.3 Å². The summed E-state index contributed by atoms with van der Waals surface area (Å²) in [6.07, 6.45) is 1.71. The molecule has 1 aromatic carbocycles. The van der Waals surface area contributed by atoms with Crippen LogP contribution >= 0.6 is 11.5 Å². The molecule has 0 aliphatic carbocycles. The Hall–Kier alpha value is -1.88. The van der Waals surface area contributed by atoms with E-state index >= 15 is 0 Å². The second-order valence-electron chi connectivity index (χ2n) is 3.44. The van der Waals surface area contributed by atoms with Crippen LogP contribution in [0.1, 0.15) is 0 Å². The van der Waals surface area contributed by atoms with Gasteiger partial charge in [-0.2, -0.15) is 0 Å². The van der Waals surface area contributed by atoms with E-state index in [9.17, 15) is 4.79 Å². The van der Waals surface area contributed by atoms with Crippen LogP contribution in [0.25, 0.3) is 16.0 Å². The largest absolute Gasteiger partial charge is 0.344 e. The molecule has 2 aromatic heterocycles. The van der Waals surface area contributed by atoms with E-state index in [0.717, 1.165) is 16.0 Å². The van der Waals surface area contributed by atoms with Crippen LogP contribution in [0.5, 0.6) is 0 Å². The lowest BCUT2D eigenvalue weighted by molar-refractivity contribution is 0.833. The molecule has 4 nitrogen and oxygen atoms in total. The number of aromatic nitrogens is 3. The first-order valence-corrected chi connectivity index (χ1v) is 5.67. The summed E-state index contributed by atoms with van der Waals surface area (Å²) in [5.74, 6) is 0. The molecule has 80 valence electrons. The van der Waals surface area contributed by atoms with Crippen molar-refractivity contribution in [2.75, 3.05) is 0 Å². The Balaban J connectivity index is 2.45. The highest BCUT2D eigenvalue weighted by atomic mass is 32.1. The van der Waals surface area contributed by atoms with Crippen molar-refractivity contribution in [1.82, 2.24) is 13.3 Å². The number of nitrogens with zero attached hydrogens (tertiary/aromatic N) is 3. The van der Waals surface area contributed by atoms with Gasteiger partial charge in [-0.25, -0.2) is 18.1 Å². The number of benzene rings is 1. The van der Waals surface area contributed by atoms with Crippen molar-refractivity contribution >= 4 is 27.5 Å². The Morgan fingerprint density at radius 2 is 2.25 bits per heavy atom. The van der Waals surface area contributed by atoms with Gasteiger partial charge in [0.2, 0.25) is 4.96 Å². The first-order chi connectivity index (χ1) is 7.81. The van der Waals surface area contributed by atoms with Crippen LogP contribution < -0.4 is 5.69 Å². The Morgan fingerprint density at radius 3 is 3.06 bits per heavy atom. The Kier molecular flexibility index (Phi) is 1.94. The maximum Gasteiger partial charge on any atom is 0.344 e. The van der Waals surface area contributed by atoms with Gasteiger partial charge in [0.05, 0.1) is 17.6 Å². The first kappa shape index (κ1) is 9.35. The number of hydrogen-bond acceptors (Lipinski definition) is 3. The third kappa shape index (κ3) is 1.15. The predicted molar refractivity (Wildman–Crippen MR) is 65.0 cm³/mol. The lowest BCUT2D eigenvalue weighted by Crippen LogP contribution is -2.18. The van der Waals surface area contributed by atoms with Gasteiger partial charge in [-0.15, -0.1) is 6.58 Å². The SMILES string of the molecule is C=CCn1sc2nc3ccccc3n2c1=O. The van der Waals surface area contributed by atoms with Crippen LogP contribution in [0.15, 0.2) is 41.7 Å². The average Bonchev–Trinajstić information content (AvgIpc) is 2.78. The number of imidazole rings is 1. The maximum absolute atomic E-state index is 12.0. The molecule has 0 bridgehead atoms. The van der Waals surface area contributed by atoms with Crippen LogP contribution in [-0.4, -0.2) is 13.3 Å². The van der Waals surface area contributed by atoms with Gasteiger partial charge in [0.1, 0.15) is 0 Å². The van der Waals surface area contributed by atoms with Gasteiger partial charge in [-0.05, 0) is 23.7 Å². The van der Waals surface area contributed by atoms with E-state index in [-0.39, 0.29) is 5.69 Å². The molecule has 3 aromatic rings. The van der Waals surface area contributed by atoms with Crippen molar-refractivity contribution in [3.63, 3.8) is 0 Å². The fraction of sp³-hybridized carbons (Fsp3) is 0.0909. The monoisotopic (exact) mass is 231 g/mol. The summed E-state index contributed by atoms with van der Waals surface area (Å²) < 4.78 is 3.28. The molecule has 2 heterocycles. The summed E-state index contributed by atoms with van der Waals surface area (Å²) in [5, 5.41) is 0. The van der Waals surface area contributed by atoms with E-state index < -0.39 is 0 Å². The van der Waals surface area contributed by atoms with E-state index in [4.69, 9.17) is 0 Å². The van der Waals surface area contributed by atoms with Crippen LogP contribution in [0.2, 0.25) is 0 Å². The van der Waals surface area contributed by atoms with E-state index in [1.165, 1.54) is 11.5 Å². The third-order valence-corrected chi connectivity index (χ3v) is 3.38. The molecule has 0 spiro atoms. The Morgan fingerprint density at radius 1 is 1.44 bits per heavy atom. The lowest BCUT2D eigenvalue weighted by atomic mass is 10.3. The molecular formula is C11H9N3OS. The number of rotatable bonds is 2. The van der Waals surface area contributed by atoms with Crippen LogP contribution in [0.4, 0.5) is 0 Å². The van der Waals surface area contributed by atoms with Gasteiger partial charge < -0.3 is 0 Å². The van der Waals surface area contributed by atoms with Crippen LogP contribution in [-0.2, 0) is 6.54 Å². The highest BCUT2D eigenvalue weighted by Crippen LogP contribution is 2.17. The van der Waals surface area contributed by atoms with Gasteiger partial charge in [0, 0.05) is 0 Å². The zero-order valence-corrected chi connectivity index (χ0v) is 9.28. The highest BCUT2D eigenvalue weighted by Gasteiger charge is 2.11. The minimum absolute atomic E-state index is 0.0476. The van der Waals surface area contributed by atoms with E-state index in [0.29, 0.717) is 6.54 Å². The third-order valence-electron chi connectivity index (χ3n) is 2.42. The fourth-order valence-electron chi connectivity index (χ4n) is 1.73. The van der Waals surface area contributed by atoms with Crippen LogP contribution in [0.3, 0.4) is 0 Å². The lowest BCUT2D eigenvalue weighted by Gasteiger charge is -1.91. The fourth-order valence-corrected chi connectivity index (χ4v) is 2.67. The molecule has 0 N–H and O–H groups in total. The van der Waals surface area contributed by atoms with Gasteiger partial charge >= 0.3 is 5.69 Å². The zero-order valence-electron chi connectivity index (χ0n) is 8.46.